The molecule has 0 aliphatic heterocycles. The van der Waals surface area contributed by atoms with Crippen LogP contribution in [0.4, 0.5) is 0 Å². The maximum Gasteiger partial charge on any atom is 0.253 e. The van der Waals surface area contributed by atoms with Crippen LogP contribution in [0, 0.1) is 0 Å². The van der Waals surface area contributed by atoms with Crippen LogP contribution in [0.5, 0.6) is 0 Å². The van der Waals surface area contributed by atoms with Crippen LogP contribution in [-0.2, 0) is 6.42 Å². The zero-order chi connectivity index (χ0) is 14.4. The Labute approximate surface area is 116 Å². The van der Waals surface area contributed by atoms with Crippen molar-refractivity contribution >= 4 is 5.91 Å². The Morgan fingerprint density at radius 1 is 1.21 bits per heavy atom. The predicted octanol–water partition coefficient (Wildman–Crippen LogP) is 2.79. The molecule has 0 spiro atoms. The molecule has 1 aromatic carbocycles. The van der Waals surface area contributed by atoms with Crippen LogP contribution >= 0.6 is 0 Å². The summed E-state index contributed by atoms with van der Waals surface area (Å²) in [6.07, 6.45) is 3.10. The van der Waals surface area contributed by atoms with Gasteiger partial charge in [0, 0.05) is 19.7 Å². The zero-order valence-corrected chi connectivity index (χ0v) is 12.6. The number of carbonyl (C=O) groups is 1. The maximum absolute atomic E-state index is 12.1. The van der Waals surface area contributed by atoms with E-state index >= 15 is 0 Å². The minimum atomic E-state index is 0.0718. The van der Waals surface area contributed by atoms with Gasteiger partial charge in [-0.1, -0.05) is 19.9 Å². The Morgan fingerprint density at radius 3 is 2.42 bits per heavy atom. The zero-order valence-electron chi connectivity index (χ0n) is 12.6. The molecular weight excluding hydrogens is 236 g/mol. The smallest absolute Gasteiger partial charge is 0.253 e. The van der Waals surface area contributed by atoms with Crippen molar-refractivity contribution in [2.24, 2.45) is 5.73 Å². The summed E-state index contributed by atoms with van der Waals surface area (Å²) >= 11 is 0. The van der Waals surface area contributed by atoms with Crippen LogP contribution in [0.25, 0.3) is 0 Å². The molecule has 0 heterocycles. The first kappa shape index (κ1) is 15.7. The van der Waals surface area contributed by atoms with Crippen molar-refractivity contribution in [2.45, 2.75) is 39.0 Å². The Hall–Kier alpha value is -1.35. The third-order valence-corrected chi connectivity index (χ3v) is 3.25. The third-order valence-electron chi connectivity index (χ3n) is 3.25. The number of aryl methyl sites for hydroxylation is 1. The van der Waals surface area contributed by atoms with Gasteiger partial charge in [-0.15, -0.1) is 0 Å². The molecule has 0 aromatic heterocycles. The number of nitrogens with zero attached hydrogens (tertiary/aromatic N) is 1. The normalized spacial score (nSPS) is 10.8. The summed E-state index contributed by atoms with van der Waals surface area (Å²) < 4.78 is 0. The summed E-state index contributed by atoms with van der Waals surface area (Å²) in [4.78, 5) is 13.7. The summed E-state index contributed by atoms with van der Waals surface area (Å²) in [5, 5.41) is 0. The molecule has 0 aliphatic carbocycles. The van der Waals surface area contributed by atoms with E-state index in [4.69, 9.17) is 5.73 Å². The van der Waals surface area contributed by atoms with Gasteiger partial charge in [0.25, 0.3) is 5.91 Å². The van der Waals surface area contributed by atoms with Crippen molar-refractivity contribution < 1.29 is 4.79 Å². The molecule has 0 unspecified atom stereocenters. The van der Waals surface area contributed by atoms with Crippen molar-refractivity contribution in [1.82, 2.24) is 4.90 Å². The molecule has 0 saturated carbocycles. The number of amides is 1. The summed E-state index contributed by atoms with van der Waals surface area (Å²) in [5.41, 5.74) is 8.79. The lowest BCUT2D eigenvalue weighted by molar-refractivity contribution is 0.0827. The van der Waals surface area contributed by atoms with E-state index in [1.807, 2.05) is 12.1 Å². The molecule has 0 radical (unpaired) electrons. The van der Waals surface area contributed by atoms with Gasteiger partial charge in [0.2, 0.25) is 0 Å². The molecule has 3 heteroatoms. The number of carbonyl (C=O) groups excluding carboxylic acids is 1. The highest BCUT2D eigenvalue weighted by molar-refractivity contribution is 5.94. The number of unbranched alkanes of at least 4 members (excludes halogenated alkanes) is 1. The first-order valence-electron chi connectivity index (χ1n) is 7.01. The molecule has 1 aromatic rings. The van der Waals surface area contributed by atoms with Gasteiger partial charge in [0.1, 0.15) is 0 Å². The molecule has 106 valence electrons. The van der Waals surface area contributed by atoms with Crippen molar-refractivity contribution in [3.8, 4) is 0 Å². The summed E-state index contributed by atoms with van der Waals surface area (Å²) in [7, 11) is 3.58. The molecule has 0 fully saturated rings. The number of hydrogen-bond acceptors (Lipinski definition) is 2. The van der Waals surface area contributed by atoms with E-state index in [2.05, 4.69) is 19.9 Å². The van der Waals surface area contributed by atoms with E-state index < -0.39 is 0 Å². The van der Waals surface area contributed by atoms with Crippen LogP contribution < -0.4 is 5.73 Å². The van der Waals surface area contributed by atoms with E-state index in [-0.39, 0.29) is 5.91 Å². The Bertz CT molecular complexity index is 425. The number of nitrogens with two attached hydrogens (primary N) is 1. The maximum atomic E-state index is 12.1. The van der Waals surface area contributed by atoms with E-state index in [1.165, 1.54) is 11.1 Å². The summed E-state index contributed by atoms with van der Waals surface area (Å²) in [5.74, 6) is 0.505. The highest BCUT2D eigenvalue weighted by atomic mass is 16.2. The number of benzene rings is 1. The quantitative estimate of drug-likeness (QED) is 0.801. The molecule has 3 nitrogen and oxygen atoms in total. The number of hydrogen-bond donors (Lipinski definition) is 1. The average Bonchev–Trinajstić information content (AvgIpc) is 2.37. The van der Waals surface area contributed by atoms with Crippen molar-refractivity contribution in [3.05, 3.63) is 34.9 Å². The monoisotopic (exact) mass is 262 g/mol. The van der Waals surface area contributed by atoms with Gasteiger partial charge in [-0.2, -0.15) is 0 Å². The van der Waals surface area contributed by atoms with Gasteiger partial charge in [-0.3, -0.25) is 4.79 Å². The fourth-order valence-corrected chi connectivity index (χ4v) is 2.05. The molecule has 0 aliphatic rings. The molecule has 2 N–H and O–H groups in total. The molecule has 0 bridgehead atoms. The van der Waals surface area contributed by atoms with Crippen molar-refractivity contribution in [1.29, 1.82) is 0 Å². The van der Waals surface area contributed by atoms with Crippen molar-refractivity contribution in [3.63, 3.8) is 0 Å². The predicted molar refractivity (Wildman–Crippen MR) is 80.5 cm³/mol. The van der Waals surface area contributed by atoms with Crippen LogP contribution in [0.15, 0.2) is 18.2 Å². The van der Waals surface area contributed by atoms with E-state index in [1.54, 1.807) is 19.0 Å². The molecule has 1 rings (SSSR count). The molecular formula is C16H26N2O. The van der Waals surface area contributed by atoms with Gasteiger partial charge < -0.3 is 10.6 Å². The topological polar surface area (TPSA) is 46.3 Å². The van der Waals surface area contributed by atoms with Gasteiger partial charge in [-0.05, 0) is 55.0 Å². The molecule has 1 amide bonds. The number of rotatable bonds is 6. The Kier molecular flexibility index (Phi) is 6.03. The lowest BCUT2D eigenvalue weighted by Crippen LogP contribution is -2.22. The first-order valence-corrected chi connectivity index (χ1v) is 7.01. The molecule has 0 saturated heterocycles. The van der Waals surface area contributed by atoms with Crippen molar-refractivity contribution in [2.75, 3.05) is 20.6 Å². The average molecular weight is 262 g/mol. The minimum absolute atomic E-state index is 0.0718. The van der Waals surface area contributed by atoms with Crippen LogP contribution in [-0.4, -0.2) is 31.4 Å². The molecule has 0 atom stereocenters. The second-order valence-electron chi connectivity index (χ2n) is 5.56. The Morgan fingerprint density at radius 2 is 1.89 bits per heavy atom. The van der Waals surface area contributed by atoms with Gasteiger partial charge in [0.15, 0.2) is 0 Å². The summed E-state index contributed by atoms with van der Waals surface area (Å²) in [6.45, 7) is 5.04. The fraction of sp³-hybridized carbons (Fsp3) is 0.562. The highest BCUT2D eigenvalue weighted by Gasteiger charge is 2.12. The van der Waals surface area contributed by atoms with Gasteiger partial charge in [0.05, 0.1) is 0 Å². The second kappa shape index (κ2) is 7.29. The largest absolute Gasteiger partial charge is 0.345 e. The third kappa shape index (κ3) is 4.67. The van der Waals surface area contributed by atoms with Crippen LogP contribution in [0.1, 0.15) is 54.1 Å². The van der Waals surface area contributed by atoms with Gasteiger partial charge >= 0.3 is 0 Å². The van der Waals surface area contributed by atoms with Gasteiger partial charge in [-0.25, -0.2) is 0 Å². The standard InChI is InChI=1S/C16H26N2O/c1-12(2)14-9-13(7-5-6-8-17)10-15(11-14)16(19)18(3)4/h9-12H,5-8,17H2,1-4H3. The molecule has 19 heavy (non-hydrogen) atoms. The first-order chi connectivity index (χ1) is 8.95. The lowest BCUT2D eigenvalue weighted by atomic mass is 9.95. The minimum Gasteiger partial charge on any atom is -0.345 e. The van der Waals surface area contributed by atoms with Crippen LogP contribution in [0.3, 0.4) is 0 Å². The SMILES string of the molecule is CC(C)c1cc(CCCCN)cc(C(=O)N(C)C)c1. The lowest BCUT2D eigenvalue weighted by Gasteiger charge is -2.15. The van der Waals surface area contributed by atoms with E-state index in [0.717, 1.165) is 31.4 Å². The Balaban J connectivity index is 3.00. The summed E-state index contributed by atoms with van der Waals surface area (Å²) in [6, 6.07) is 6.25. The van der Waals surface area contributed by atoms with E-state index in [9.17, 15) is 4.79 Å². The highest BCUT2D eigenvalue weighted by Crippen LogP contribution is 2.20. The van der Waals surface area contributed by atoms with E-state index in [0.29, 0.717) is 5.92 Å². The fourth-order valence-electron chi connectivity index (χ4n) is 2.05. The second-order valence-corrected chi connectivity index (χ2v) is 5.56. The van der Waals surface area contributed by atoms with Crippen LogP contribution in [0.2, 0.25) is 0 Å².